The summed E-state index contributed by atoms with van der Waals surface area (Å²) in [6.07, 6.45) is 5.74. The minimum atomic E-state index is -3.61. The van der Waals surface area contributed by atoms with Gasteiger partial charge in [-0.25, -0.2) is 13.1 Å². The average Bonchev–Trinajstić information content (AvgIpc) is 3.21. The number of carbonyl (C=O) groups is 1. The summed E-state index contributed by atoms with van der Waals surface area (Å²) in [4.78, 5) is 11.0. The molecule has 0 amide bonds. The van der Waals surface area contributed by atoms with E-state index in [4.69, 9.17) is 5.11 Å². The van der Waals surface area contributed by atoms with Crippen molar-refractivity contribution < 1.29 is 18.3 Å². The number of benzene rings is 2. The van der Waals surface area contributed by atoms with Gasteiger partial charge in [-0.1, -0.05) is 54.8 Å². The van der Waals surface area contributed by atoms with Crippen LogP contribution in [-0.2, 0) is 21.2 Å². The van der Waals surface area contributed by atoms with Crippen molar-refractivity contribution in [1.29, 1.82) is 0 Å². The van der Waals surface area contributed by atoms with Crippen LogP contribution < -0.4 is 4.72 Å². The summed E-state index contributed by atoms with van der Waals surface area (Å²) >= 11 is 0. The smallest absolute Gasteiger partial charge is 0.303 e. The first kappa shape index (κ1) is 21.5. The quantitative estimate of drug-likeness (QED) is 0.626. The molecule has 1 aliphatic carbocycles. The van der Waals surface area contributed by atoms with Gasteiger partial charge in [-0.05, 0) is 61.8 Å². The normalized spacial score (nSPS) is 16.0. The Morgan fingerprint density at radius 3 is 2.28 bits per heavy atom. The summed E-state index contributed by atoms with van der Waals surface area (Å²) in [5.74, 6) is -0.499. The molecule has 1 saturated carbocycles. The van der Waals surface area contributed by atoms with Crippen molar-refractivity contribution in [3.8, 4) is 0 Å². The van der Waals surface area contributed by atoms with E-state index in [9.17, 15) is 13.2 Å². The Hall–Kier alpha value is -2.18. The average molecular weight is 416 g/mol. The summed E-state index contributed by atoms with van der Waals surface area (Å²) in [7, 11) is -3.61. The molecule has 1 aliphatic rings. The van der Waals surface area contributed by atoms with Crippen molar-refractivity contribution in [2.24, 2.45) is 5.92 Å². The molecule has 1 unspecified atom stereocenters. The summed E-state index contributed by atoms with van der Waals surface area (Å²) in [6, 6.07) is 14.6. The van der Waals surface area contributed by atoms with E-state index in [1.54, 1.807) is 12.1 Å². The number of carboxylic acid groups (broad SMARTS) is 1. The predicted molar refractivity (Wildman–Crippen MR) is 113 cm³/mol. The van der Waals surface area contributed by atoms with Gasteiger partial charge in [-0.15, -0.1) is 0 Å². The maximum atomic E-state index is 13.0. The number of aryl methyl sites for hydroxylation is 2. The third-order valence-corrected chi connectivity index (χ3v) is 7.14. The molecule has 0 bridgehead atoms. The SMILES string of the molecule is Cc1ccc(S(=O)(=O)NC(c2ccc(CCCC(=O)O)cc2)C2CCCC2)cc1. The first-order valence-electron chi connectivity index (χ1n) is 10.2. The van der Waals surface area contributed by atoms with Gasteiger partial charge < -0.3 is 5.11 Å². The number of hydrogen-bond acceptors (Lipinski definition) is 3. The zero-order valence-corrected chi connectivity index (χ0v) is 17.6. The molecule has 6 heteroatoms. The van der Waals surface area contributed by atoms with Crippen molar-refractivity contribution >= 4 is 16.0 Å². The molecule has 1 atom stereocenters. The molecule has 3 rings (SSSR count). The lowest BCUT2D eigenvalue weighted by molar-refractivity contribution is -0.137. The van der Waals surface area contributed by atoms with Gasteiger partial charge >= 0.3 is 5.97 Å². The first-order valence-corrected chi connectivity index (χ1v) is 11.7. The molecule has 29 heavy (non-hydrogen) atoms. The van der Waals surface area contributed by atoms with Crippen molar-refractivity contribution in [2.75, 3.05) is 0 Å². The van der Waals surface area contributed by atoms with Crippen molar-refractivity contribution in [3.05, 3.63) is 65.2 Å². The van der Waals surface area contributed by atoms with Crippen LogP contribution in [0.5, 0.6) is 0 Å². The molecule has 0 aromatic heterocycles. The minimum absolute atomic E-state index is 0.156. The molecule has 0 saturated heterocycles. The van der Waals surface area contributed by atoms with Crippen LogP contribution in [0.25, 0.3) is 0 Å². The number of rotatable bonds is 9. The molecular weight excluding hydrogens is 386 g/mol. The van der Waals surface area contributed by atoms with Crippen molar-refractivity contribution in [3.63, 3.8) is 0 Å². The second-order valence-electron chi connectivity index (χ2n) is 7.95. The Morgan fingerprint density at radius 1 is 1.07 bits per heavy atom. The van der Waals surface area contributed by atoms with Gasteiger partial charge in [-0.3, -0.25) is 4.79 Å². The molecule has 156 valence electrons. The molecule has 2 N–H and O–H groups in total. The molecule has 0 radical (unpaired) electrons. The van der Waals surface area contributed by atoms with E-state index in [0.717, 1.165) is 42.4 Å². The van der Waals surface area contributed by atoms with Gasteiger partial charge in [0.05, 0.1) is 4.90 Å². The Kier molecular flexibility index (Phi) is 7.09. The highest BCUT2D eigenvalue weighted by molar-refractivity contribution is 7.89. The standard InChI is InChI=1S/C23H29NO4S/c1-17-9-15-21(16-10-17)29(27,28)24-23(19-6-2-3-7-19)20-13-11-18(12-14-20)5-4-8-22(25)26/h9-16,19,23-24H,2-8H2,1H3,(H,25,26). The predicted octanol–water partition coefficient (Wildman–Crippen LogP) is 4.61. The van der Waals surface area contributed by atoms with Crippen LogP contribution in [0.2, 0.25) is 0 Å². The summed E-state index contributed by atoms with van der Waals surface area (Å²) in [6.45, 7) is 1.93. The van der Waals surface area contributed by atoms with Crippen LogP contribution in [0.1, 0.15) is 61.3 Å². The fourth-order valence-electron chi connectivity index (χ4n) is 4.02. The number of carboxylic acids is 1. The van der Waals surface area contributed by atoms with Crippen LogP contribution >= 0.6 is 0 Å². The van der Waals surface area contributed by atoms with E-state index in [1.807, 2.05) is 43.3 Å². The second kappa shape index (κ2) is 9.55. The van der Waals surface area contributed by atoms with E-state index >= 15 is 0 Å². The Balaban J connectivity index is 1.78. The number of hydrogen-bond donors (Lipinski definition) is 2. The lowest BCUT2D eigenvalue weighted by Crippen LogP contribution is -2.32. The zero-order chi connectivity index (χ0) is 20.9. The van der Waals surface area contributed by atoms with Crippen LogP contribution in [0, 0.1) is 12.8 Å². The van der Waals surface area contributed by atoms with Crippen LogP contribution in [-0.4, -0.2) is 19.5 Å². The largest absolute Gasteiger partial charge is 0.481 e. The molecule has 1 fully saturated rings. The fourth-order valence-corrected chi connectivity index (χ4v) is 5.31. The fraction of sp³-hybridized carbons (Fsp3) is 0.435. The van der Waals surface area contributed by atoms with E-state index < -0.39 is 16.0 Å². The third kappa shape index (κ3) is 5.90. The monoisotopic (exact) mass is 415 g/mol. The van der Waals surface area contributed by atoms with E-state index in [2.05, 4.69) is 4.72 Å². The molecule has 0 heterocycles. The zero-order valence-electron chi connectivity index (χ0n) is 16.8. The first-order chi connectivity index (χ1) is 13.8. The minimum Gasteiger partial charge on any atom is -0.481 e. The molecule has 0 spiro atoms. The lowest BCUT2D eigenvalue weighted by Gasteiger charge is -2.25. The third-order valence-electron chi connectivity index (χ3n) is 5.68. The second-order valence-corrected chi connectivity index (χ2v) is 9.66. The van der Waals surface area contributed by atoms with Gasteiger partial charge in [0.1, 0.15) is 0 Å². The number of aliphatic carboxylic acids is 1. The van der Waals surface area contributed by atoms with Crippen LogP contribution in [0.3, 0.4) is 0 Å². The molecule has 0 aliphatic heterocycles. The van der Waals surface area contributed by atoms with Crippen molar-refractivity contribution in [2.45, 2.75) is 62.8 Å². The van der Waals surface area contributed by atoms with E-state index in [0.29, 0.717) is 12.8 Å². The highest BCUT2D eigenvalue weighted by Crippen LogP contribution is 2.37. The topological polar surface area (TPSA) is 83.5 Å². The Morgan fingerprint density at radius 2 is 1.69 bits per heavy atom. The van der Waals surface area contributed by atoms with E-state index in [1.165, 1.54) is 0 Å². The van der Waals surface area contributed by atoms with E-state index in [-0.39, 0.29) is 23.3 Å². The molecule has 2 aromatic rings. The van der Waals surface area contributed by atoms with Gasteiger partial charge in [0.25, 0.3) is 0 Å². The van der Waals surface area contributed by atoms with Gasteiger partial charge in [0.15, 0.2) is 0 Å². The molecular formula is C23H29NO4S. The Bertz CT molecular complexity index is 914. The van der Waals surface area contributed by atoms with Crippen LogP contribution in [0.4, 0.5) is 0 Å². The van der Waals surface area contributed by atoms with Gasteiger partial charge in [-0.2, -0.15) is 0 Å². The highest BCUT2D eigenvalue weighted by Gasteiger charge is 2.30. The Labute approximate surface area is 173 Å². The number of nitrogens with one attached hydrogen (secondary N) is 1. The number of sulfonamides is 1. The van der Waals surface area contributed by atoms with Gasteiger partial charge in [0, 0.05) is 12.5 Å². The summed E-state index contributed by atoms with van der Waals surface area (Å²) in [5.41, 5.74) is 3.06. The summed E-state index contributed by atoms with van der Waals surface area (Å²) < 4.78 is 28.9. The molecule has 2 aromatic carbocycles. The maximum absolute atomic E-state index is 13.0. The van der Waals surface area contributed by atoms with Gasteiger partial charge in [0.2, 0.25) is 10.0 Å². The maximum Gasteiger partial charge on any atom is 0.303 e. The van der Waals surface area contributed by atoms with Crippen LogP contribution in [0.15, 0.2) is 53.4 Å². The summed E-state index contributed by atoms with van der Waals surface area (Å²) in [5, 5.41) is 8.78. The molecule has 5 nitrogen and oxygen atoms in total. The highest BCUT2D eigenvalue weighted by atomic mass is 32.2. The lowest BCUT2D eigenvalue weighted by atomic mass is 9.91. The van der Waals surface area contributed by atoms with Crippen molar-refractivity contribution in [1.82, 2.24) is 4.72 Å².